The Morgan fingerprint density at radius 3 is 2.79 bits per heavy atom. The smallest absolute Gasteiger partial charge is 0.268 e. The number of nitrogens with zero attached hydrogens (tertiary/aromatic N) is 1. The summed E-state index contributed by atoms with van der Waals surface area (Å²) < 4.78 is 27.2. The highest BCUT2D eigenvalue weighted by molar-refractivity contribution is 9.10. The summed E-state index contributed by atoms with van der Waals surface area (Å²) in [5.41, 5.74) is 0.0614. The molecular formula is C11H10BrN3O3S. The number of pyridine rings is 2. The zero-order valence-electron chi connectivity index (χ0n) is 9.84. The molecule has 0 fully saturated rings. The molecule has 0 radical (unpaired) electrons. The predicted octanol–water partition coefficient (Wildman–Crippen LogP) is 1.64. The van der Waals surface area contributed by atoms with Gasteiger partial charge in [-0.15, -0.1) is 0 Å². The van der Waals surface area contributed by atoms with E-state index in [-0.39, 0.29) is 10.7 Å². The van der Waals surface area contributed by atoms with Crippen molar-refractivity contribution in [3.63, 3.8) is 0 Å². The molecule has 8 heteroatoms. The average molecular weight is 344 g/mol. The molecule has 0 aromatic carbocycles. The molecule has 0 aliphatic rings. The van der Waals surface area contributed by atoms with Crippen LogP contribution in [0.5, 0.6) is 0 Å². The number of rotatable bonds is 3. The van der Waals surface area contributed by atoms with Crippen molar-refractivity contribution in [3.8, 4) is 0 Å². The van der Waals surface area contributed by atoms with E-state index in [0.717, 1.165) is 16.7 Å². The number of nitrogens with one attached hydrogen (secondary N) is 2. The third kappa shape index (κ3) is 3.02. The van der Waals surface area contributed by atoms with Crippen molar-refractivity contribution >= 4 is 31.8 Å². The summed E-state index contributed by atoms with van der Waals surface area (Å²) in [6.45, 7) is 1.71. The van der Waals surface area contributed by atoms with Crippen LogP contribution in [0, 0.1) is 6.92 Å². The number of H-pyrrole nitrogens is 1. The second-order valence-corrected chi connectivity index (χ2v) is 6.36. The van der Waals surface area contributed by atoms with Crippen LogP contribution in [0.1, 0.15) is 5.56 Å². The predicted molar refractivity (Wildman–Crippen MR) is 74.5 cm³/mol. The van der Waals surface area contributed by atoms with Crippen molar-refractivity contribution in [1.29, 1.82) is 0 Å². The van der Waals surface area contributed by atoms with Gasteiger partial charge in [-0.2, -0.15) is 0 Å². The Balaban J connectivity index is 2.43. The van der Waals surface area contributed by atoms with Gasteiger partial charge in [0, 0.05) is 29.1 Å². The summed E-state index contributed by atoms with van der Waals surface area (Å²) in [6.07, 6.45) is 3.98. The van der Waals surface area contributed by atoms with Crippen LogP contribution < -0.4 is 10.2 Å². The van der Waals surface area contributed by atoms with Crippen LogP contribution in [0.3, 0.4) is 0 Å². The van der Waals surface area contributed by atoms with E-state index in [2.05, 4.69) is 30.6 Å². The molecule has 0 saturated heterocycles. The van der Waals surface area contributed by atoms with Gasteiger partial charge < -0.3 is 4.98 Å². The Morgan fingerprint density at radius 2 is 2.16 bits per heavy atom. The first-order chi connectivity index (χ1) is 8.90. The van der Waals surface area contributed by atoms with Gasteiger partial charge in [0.2, 0.25) is 5.43 Å². The standard InChI is InChI=1S/C11H10BrN3O3S/c1-7-4-8(12)5-14-11(7)15-19(17,18)10-6-13-3-2-9(10)16/h2-6H,1H3,(H,13,16)(H,14,15). The van der Waals surface area contributed by atoms with Crippen molar-refractivity contribution in [2.45, 2.75) is 11.8 Å². The maximum atomic E-state index is 12.1. The lowest BCUT2D eigenvalue weighted by atomic mass is 10.3. The highest BCUT2D eigenvalue weighted by atomic mass is 79.9. The molecule has 0 saturated carbocycles. The zero-order valence-corrected chi connectivity index (χ0v) is 12.2. The number of aromatic amines is 1. The van der Waals surface area contributed by atoms with Crippen LogP contribution in [-0.2, 0) is 10.0 Å². The van der Waals surface area contributed by atoms with Gasteiger partial charge in [0.25, 0.3) is 10.0 Å². The minimum absolute atomic E-state index is 0.187. The molecule has 0 unspecified atom stereocenters. The zero-order chi connectivity index (χ0) is 14.0. The molecular weight excluding hydrogens is 334 g/mol. The molecule has 0 amide bonds. The molecule has 6 nitrogen and oxygen atoms in total. The molecule has 19 heavy (non-hydrogen) atoms. The van der Waals surface area contributed by atoms with Crippen LogP contribution in [0.15, 0.2) is 44.9 Å². The van der Waals surface area contributed by atoms with E-state index in [1.165, 1.54) is 12.4 Å². The van der Waals surface area contributed by atoms with Gasteiger partial charge in [-0.1, -0.05) is 0 Å². The van der Waals surface area contributed by atoms with Gasteiger partial charge in [-0.25, -0.2) is 13.4 Å². The summed E-state index contributed by atoms with van der Waals surface area (Å²) >= 11 is 3.24. The second-order valence-electron chi connectivity index (χ2n) is 3.80. The maximum absolute atomic E-state index is 12.1. The molecule has 2 aromatic heterocycles. The second kappa shape index (κ2) is 5.14. The van der Waals surface area contributed by atoms with Crippen LogP contribution in [0.4, 0.5) is 5.82 Å². The first kappa shape index (κ1) is 13.8. The van der Waals surface area contributed by atoms with Crippen LogP contribution in [0.25, 0.3) is 0 Å². The highest BCUT2D eigenvalue weighted by Gasteiger charge is 2.19. The van der Waals surface area contributed by atoms with E-state index < -0.39 is 15.5 Å². The fourth-order valence-corrected chi connectivity index (χ4v) is 3.02. The van der Waals surface area contributed by atoms with Crippen molar-refractivity contribution in [2.75, 3.05) is 4.72 Å². The van der Waals surface area contributed by atoms with E-state index in [1.807, 2.05) is 0 Å². The molecule has 2 N–H and O–H groups in total. The minimum Gasteiger partial charge on any atom is -0.366 e. The van der Waals surface area contributed by atoms with E-state index >= 15 is 0 Å². The molecule has 100 valence electrons. The summed E-state index contributed by atoms with van der Waals surface area (Å²) in [4.78, 5) is 17.7. The Bertz CT molecular complexity index is 771. The minimum atomic E-state index is -3.95. The van der Waals surface area contributed by atoms with E-state index in [0.29, 0.717) is 5.56 Å². The number of aromatic nitrogens is 2. The molecule has 2 rings (SSSR count). The maximum Gasteiger partial charge on any atom is 0.268 e. The topological polar surface area (TPSA) is 91.9 Å². The van der Waals surface area contributed by atoms with Crippen LogP contribution in [-0.4, -0.2) is 18.4 Å². The van der Waals surface area contributed by atoms with Gasteiger partial charge >= 0.3 is 0 Å². The Hall–Kier alpha value is -1.67. The highest BCUT2D eigenvalue weighted by Crippen LogP contribution is 2.19. The number of sulfonamides is 1. The first-order valence-electron chi connectivity index (χ1n) is 5.22. The van der Waals surface area contributed by atoms with Gasteiger partial charge in [0.05, 0.1) is 0 Å². The third-order valence-corrected chi connectivity index (χ3v) is 4.15. The number of hydrogen-bond donors (Lipinski definition) is 2. The molecule has 2 aromatic rings. The SMILES string of the molecule is Cc1cc(Br)cnc1NS(=O)(=O)c1c[nH]ccc1=O. The summed E-state index contributed by atoms with van der Waals surface area (Å²) in [7, 11) is -3.95. The largest absolute Gasteiger partial charge is 0.366 e. The monoisotopic (exact) mass is 343 g/mol. The van der Waals surface area contributed by atoms with E-state index in [4.69, 9.17) is 0 Å². The van der Waals surface area contributed by atoms with E-state index in [1.54, 1.807) is 13.0 Å². The summed E-state index contributed by atoms with van der Waals surface area (Å²) in [5.74, 6) is 0.187. The lowest BCUT2D eigenvalue weighted by Gasteiger charge is -2.09. The number of anilines is 1. The quantitative estimate of drug-likeness (QED) is 0.885. The normalized spacial score (nSPS) is 11.3. The Kier molecular flexibility index (Phi) is 3.72. The van der Waals surface area contributed by atoms with Crippen molar-refractivity contribution < 1.29 is 8.42 Å². The average Bonchev–Trinajstić information content (AvgIpc) is 2.33. The Labute approximate surface area is 118 Å². The van der Waals surface area contributed by atoms with Gasteiger partial charge in [0.15, 0.2) is 4.90 Å². The van der Waals surface area contributed by atoms with Crippen molar-refractivity contribution in [3.05, 3.63) is 51.0 Å². The van der Waals surface area contributed by atoms with Crippen LogP contribution >= 0.6 is 15.9 Å². The van der Waals surface area contributed by atoms with Gasteiger partial charge in [-0.05, 0) is 34.5 Å². The lowest BCUT2D eigenvalue weighted by molar-refractivity contribution is 0.600. The van der Waals surface area contributed by atoms with Crippen LogP contribution in [0.2, 0.25) is 0 Å². The Morgan fingerprint density at radius 1 is 1.42 bits per heavy atom. The molecule has 2 heterocycles. The molecule has 0 atom stereocenters. The summed E-state index contributed by atoms with van der Waals surface area (Å²) in [5, 5.41) is 0. The van der Waals surface area contributed by atoms with Gasteiger partial charge in [-0.3, -0.25) is 9.52 Å². The fraction of sp³-hybridized carbons (Fsp3) is 0.0909. The van der Waals surface area contributed by atoms with E-state index in [9.17, 15) is 13.2 Å². The van der Waals surface area contributed by atoms with Crippen molar-refractivity contribution in [1.82, 2.24) is 9.97 Å². The fourth-order valence-electron chi connectivity index (χ4n) is 1.44. The molecule has 0 aliphatic carbocycles. The summed E-state index contributed by atoms with van der Waals surface area (Å²) in [6, 6.07) is 2.87. The van der Waals surface area contributed by atoms with Gasteiger partial charge in [0.1, 0.15) is 5.82 Å². The number of aryl methyl sites for hydroxylation is 1. The number of halogens is 1. The first-order valence-corrected chi connectivity index (χ1v) is 7.50. The molecule has 0 aliphatic heterocycles. The molecule has 0 spiro atoms. The number of hydrogen-bond acceptors (Lipinski definition) is 4. The lowest BCUT2D eigenvalue weighted by Crippen LogP contribution is -2.21. The van der Waals surface area contributed by atoms with Crippen molar-refractivity contribution in [2.24, 2.45) is 0 Å². The molecule has 0 bridgehead atoms. The third-order valence-electron chi connectivity index (χ3n) is 2.35.